The van der Waals surface area contributed by atoms with E-state index in [-0.39, 0.29) is 70.6 Å². The molecule has 3 amide bonds. The maximum atomic E-state index is 12.7. The summed E-state index contributed by atoms with van der Waals surface area (Å²) < 4.78 is 4.90. The SMILES string of the molecule is C=CCNC(=O)OC/C=C\C1=C(C(=O)[O-])N2C(=O)C(NC(=O)/C(=N\O)c3csc(N)n3)[C@@H]2SC1.[Na+]. The molecule has 2 atom stereocenters. The fourth-order valence-corrected chi connectivity index (χ4v) is 4.97. The molecule has 13 nitrogen and oxygen atoms in total. The zero-order valence-electron chi connectivity index (χ0n) is 18.4. The number of carbonyl (C=O) groups is 4. The molecule has 0 spiro atoms. The molecule has 16 heteroatoms. The van der Waals surface area contributed by atoms with Crippen LogP contribution in [0, 0.1) is 0 Å². The predicted octanol–water partition coefficient (Wildman–Crippen LogP) is -4.22. The van der Waals surface area contributed by atoms with Gasteiger partial charge in [-0.25, -0.2) is 9.78 Å². The van der Waals surface area contributed by atoms with Crippen molar-refractivity contribution in [2.45, 2.75) is 11.4 Å². The average Bonchev–Trinajstić information content (AvgIpc) is 3.24. The van der Waals surface area contributed by atoms with E-state index < -0.39 is 41.0 Å². The first-order chi connectivity index (χ1) is 16.3. The van der Waals surface area contributed by atoms with Crippen LogP contribution in [0.25, 0.3) is 0 Å². The fraction of sp³-hybridized carbons (Fsp3) is 0.263. The molecule has 5 N–H and O–H groups in total. The number of ether oxygens (including phenoxy) is 1. The second-order valence-corrected chi connectivity index (χ2v) is 8.71. The van der Waals surface area contributed by atoms with Gasteiger partial charge in [0, 0.05) is 17.7 Å². The van der Waals surface area contributed by atoms with Gasteiger partial charge in [-0.05, 0) is 11.6 Å². The molecule has 1 aromatic rings. The van der Waals surface area contributed by atoms with Crippen LogP contribution in [0.1, 0.15) is 5.69 Å². The van der Waals surface area contributed by atoms with Gasteiger partial charge < -0.3 is 36.2 Å². The maximum Gasteiger partial charge on any atom is 1.00 e. The first-order valence-electron chi connectivity index (χ1n) is 9.60. The van der Waals surface area contributed by atoms with Crippen LogP contribution < -0.4 is 51.0 Å². The van der Waals surface area contributed by atoms with Crippen LogP contribution in [0.2, 0.25) is 0 Å². The minimum Gasteiger partial charge on any atom is -0.543 e. The molecule has 3 rings (SSSR count). The topological polar surface area (TPSA) is 199 Å². The predicted molar refractivity (Wildman–Crippen MR) is 121 cm³/mol. The zero-order chi connectivity index (χ0) is 24.8. The van der Waals surface area contributed by atoms with Crippen molar-refractivity contribution in [2.75, 3.05) is 24.6 Å². The molecule has 1 fully saturated rings. The third-order valence-electron chi connectivity index (χ3n) is 4.58. The maximum absolute atomic E-state index is 12.7. The number of hydrogen-bond donors (Lipinski definition) is 4. The van der Waals surface area contributed by atoms with Gasteiger partial charge in [-0.2, -0.15) is 0 Å². The molecule has 2 aliphatic rings. The molecule has 3 heterocycles. The Kier molecular flexibility index (Phi) is 10.3. The standard InChI is InChI=1S/C19H20N6O7S2.Na/c1-2-5-21-19(30)32-6-3-4-9-7-33-16-12(15(27)25(16)13(9)17(28)29)23-14(26)11(24-31)10-8-34-18(20)22-10;/h2-4,8,12,16,31H,1,5-7H2,(H2,20,22)(H,21,30)(H,23,26)(H,28,29);/q;+1/p-1/b4-3-,24-11-;/t12?,16-;/m0./s1. The smallest absolute Gasteiger partial charge is 0.543 e. The van der Waals surface area contributed by atoms with Crippen molar-refractivity contribution in [2.24, 2.45) is 5.16 Å². The molecule has 0 bridgehead atoms. The first-order valence-corrected chi connectivity index (χ1v) is 11.5. The molecule has 35 heavy (non-hydrogen) atoms. The Morgan fingerprint density at radius 1 is 1.46 bits per heavy atom. The minimum absolute atomic E-state index is 0. The molecule has 0 radical (unpaired) electrons. The number of alkyl carbamates (subject to hydrolysis) is 1. The normalized spacial score (nSPS) is 19.4. The van der Waals surface area contributed by atoms with E-state index >= 15 is 0 Å². The number of fused-ring (bicyclic) bond motifs is 1. The molecule has 1 unspecified atom stereocenters. The van der Waals surface area contributed by atoms with Crippen LogP contribution in [0.15, 0.2) is 46.6 Å². The van der Waals surface area contributed by atoms with Gasteiger partial charge in [-0.1, -0.05) is 17.3 Å². The molecule has 0 aliphatic carbocycles. The van der Waals surface area contributed by atoms with Gasteiger partial charge in [0.25, 0.3) is 11.8 Å². The number of carboxylic acid groups (broad SMARTS) is 1. The van der Waals surface area contributed by atoms with Crippen molar-refractivity contribution in [1.82, 2.24) is 20.5 Å². The number of amides is 3. The Morgan fingerprint density at radius 3 is 2.80 bits per heavy atom. The number of nitrogen functional groups attached to an aromatic ring is 1. The van der Waals surface area contributed by atoms with E-state index in [2.05, 4.69) is 27.4 Å². The Bertz CT molecular complexity index is 1120. The van der Waals surface area contributed by atoms with Crippen molar-refractivity contribution < 1.29 is 63.8 Å². The van der Waals surface area contributed by atoms with E-state index in [4.69, 9.17) is 10.5 Å². The zero-order valence-corrected chi connectivity index (χ0v) is 22.1. The van der Waals surface area contributed by atoms with Gasteiger partial charge in [0.2, 0.25) is 0 Å². The quantitative estimate of drug-likeness (QED) is 0.0606. The van der Waals surface area contributed by atoms with E-state index in [1.165, 1.54) is 35.4 Å². The fourth-order valence-electron chi connectivity index (χ4n) is 3.10. The molecular weight excluding hydrogens is 511 g/mol. The molecule has 180 valence electrons. The van der Waals surface area contributed by atoms with E-state index in [1.807, 2.05) is 0 Å². The van der Waals surface area contributed by atoms with Gasteiger partial charge >= 0.3 is 35.7 Å². The van der Waals surface area contributed by atoms with E-state index in [9.17, 15) is 29.5 Å². The number of nitrogens with zero attached hydrogens (tertiary/aromatic N) is 3. The third kappa shape index (κ3) is 6.43. The number of hydrogen-bond acceptors (Lipinski definition) is 12. The van der Waals surface area contributed by atoms with Gasteiger partial charge in [0.05, 0.1) is 11.7 Å². The van der Waals surface area contributed by atoms with E-state index in [0.717, 1.165) is 16.2 Å². The molecule has 1 saturated heterocycles. The monoisotopic (exact) mass is 530 g/mol. The van der Waals surface area contributed by atoms with E-state index in [0.29, 0.717) is 0 Å². The molecule has 0 aromatic carbocycles. The number of oxime groups is 1. The summed E-state index contributed by atoms with van der Waals surface area (Å²) >= 11 is 2.25. The minimum atomic E-state index is -1.57. The van der Waals surface area contributed by atoms with Crippen LogP contribution in [0.3, 0.4) is 0 Å². The number of carbonyl (C=O) groups excluding carboxylic acids is 4. The van der Waals surface area contributed by atoms with Crippen LogP contribution in [-0.2, 0) is 19.1 Å². The Hall–Kier alpha value is -2.85. The number of aliphatic carboxylic acids is 1. The Balaban J connectivity index is 0.00000432. The van der Waals surface area contributed by atoms with Gasteiger partial charge in [-0.3, -0.25) is 14.5 Å². The number of thioether (sulfide) groups is 1. The number of nitrogens with two attached hydrogens (primary N) is 1. The first kappa shape index (κ1) is 28.4. The third-order valence-corrected chi connectivity index (χ3v) is 6.55. The van der Waals surface area contributed by atoms with E-state index in [1.54, 1.807) is 0 Å². The second kappa shape index (κ2) is 12.7. The summed E-state index contributed by atoms with van der Waals surface area (Å²) in [5, 5.41) is 29.6. The van der Waals surface area contributed by atoms with Crippen LogP contribution in [0.5, 0.6) is 0 Å². The van der Waals surface area contributed by atoms with Crippen molar-refractivity contribution in [3.05, 3.63) is 47.2 Å². The van der Waals surface area contributed by atoms with Crippen LogP contribution >= 0.6 is 23.1 Å². The van der Waals surface area contributed by atoms with Crippen LogP contribution in [-0.4, -0.2) is 75.0 Å². The summed E-state index contributed by atoms with van der Waals surface area (Å²) in [5.74, 6) is -2.93. The molecule has 0 saturated carbocycles. The molecule has 2 aliphatic heterocycles. The largest absolute Gasteiger partial charge is 1.00 e. The number of carboxylic acids is 1. The molecule has 1 aromatic heterocycles. The van der Waals surface area contributed by atoms with Crippen molar-refractivity contribution in [3.8, 4) is 0 Å². The number of nitrogens with one attached hydrogen (secondary N) is 2. The number of anilines is 1. The number of thiazole rings is 1. The van der Waals surface area contributed by atoms with Crippen molar-refractivity contribution in [1.29, 1.82) is 0 Å². The van der Waals surface area contributed by atoms with Gasteiger partial charge in [0.1, 0.15) is 23.7 Å². The number of aromatic nitrogens is 1. The van der Waals surface area contributed by atoms with Crippen molar-refractivity contribution in [3.63, 3.8) is 0 Å². The van der Waals surface area contributed by atoms with Gasteiger partial charge in [-0.15, -0.1) is 29.7 Å². The number of allylic oxidation sites excluding steroid dienone is 1. The Labute approximate surface area is 229 Å². The van der Waals surface area contributed by atoms with Gasteiger partial charge in [0.15, 0.2) is 10.8 Å². The van der Waals surface area contributed by atoms with Crippen LogP contribution in [0.4, 0.5) is 9.93 Å². The summed E-state index contributed by atoms with van der Waals surface area (Å²) in [7, 11) is 0. The summed E-state index contributed by atoms with van der Waals surface area (Å²) in [6.45, 7) is 3.56. The summed E-state index contributed by atoms with van der Waals surface area (Å²) in [6.07, 6.45) is 3.67. The number of β-lactam (4-membered cyclic amide) rings is 1. The summed E-state index contributed by atoms with van der Waals surface area (Å²) in [5.41, 5.74) is 5.07. The second-order valence-electron chi connectivity index (χ2n) is 6.71. The molecular formula is C19H19N6NaO7S2. The Morgan fingerprint density at radius 2 is 2.20 bits per heavy atom. The van der Waals surface area contributed by atoms with Crippen molar-refractivity contribution >= 4 is 57.8 Å². The summed E-state index contributed by atoms with van der Waals surface area (Å²) in [4.78, 5) is 53.3. The summed E-state index contributed by atoms with van der Waals surface area (Å²) in [6, 6.07) is -1.05. The average molecular weight is 531 g/mol. The number of rotatable bonds is 9.